The Hall–Kier alpha value is 0.270. The Morgan fingerprint density at radius 1 is 0.895 bits per heavy atom. The molecule has 114 valence electrons. The predicted octanol–water partition coefficient (Wildman–Crippen LogP) is 4.12. The Balaban J connectivity index is 0.000000861. The molecule has 2 rings (SSSR count). The summed E-state index contributed by atoms with van der Waals surface area (Å²) in [4.78, 5) is 2.46. The number of piperidine rings is 2. The number of likely N-dealkylation sites (tertiary alicyclic amines) is 1. The maximum Gasteiger partial charge on any atom is 0.0219 e. The fourth-order valence-electron chi connectivity index (χ4n) is 2.95. The van der Waals surface area contributed by atoms with Crippen LogP contribution in [0, 0.1) is 11.8 Å². The molecule has 19 heavy (non-hydrogen) atoms. The summed E-state index contributed by atoms with van der Waals surface area (Å²) in [6.45, 7) is 14.0. The molecular formula is C16H34N2S. The first-order chi connectivity index (χ1) is 9.15. The van der Waals surface area contributed by atoms with E-state index < -0.39 is 0 Å². The van der Waals surface area contributed by atoms with Crippen molar-refractivity contribution < 1.29 is 0 Å². The van der Waals surface area contributed by atoms with Crippen LogP contribution < -0.4 is 0 Å². The summed E-state index contributed by atoms with van der Waals surface area (Å²) in [7, 11) is 2.25. The van der Waals surface area contributed by atoms with Crippen molar-refractivity contribution in [3.63, 3.8) is 0 Å². The fourth-order valence-corrected chi connectivity index (χ4v) is 4.21. The van der Waals surface area contributed by atoms with Crippen LogP contribution in [0.1, 0.15) is 53.4 Å². The molecule has 0 bridgehead atoms. The standard InChI is InChI=1S/C14H28N2S.C2H6/c1-12(2)13-4-10-16(11-5-13)17-14-6-8-15(3)9-7-14;1-2/h12-14H,4-11H2,1-3H3;1-2H3. The summed E-state index contributed by atoms with van der Waals surface area (Å²) in [5.74, 6) is 1.86. The van der Waals surface area contributed by atoms with E-state index in [0.717, 1.165) is 17.1 Å². The van der Waals surface area contributed by atoms with Crippen LogP contribution in [0.2, 0.25) is 0 Å². The Morgan fingerprint density at radius 2 is 1.42 bits per heavy atom. The van der Waals surface area contributed by atoms with E-state index in [1.165, 1.54) is 51.9 Å². The van der Waals surface area contributed by atoms with E-state index in [1.807, 2.05) is 13.8 Å². The van der Waals surface area contributed by atoms with E-state index in [2.05, 4.69) is 42.0 Å². The molecular weight excluding hydrogens is 252 g/mol. The zero-order valence-corrected chi connectivity index (χ0v) is 14.5. The normalized spacial score (nSPS) is 24.3. The second kappa shape index (κ2) is 9.25. The Kier molecular flexibility index (Phi) is 8.43. The van der Waals surface area contributed by atoms with Crippen molar-refractivity contribution in [2.45, 2.75) is 58.6 Å². The maximum absolute atomic E-state index is 2.65. The topological polar surface area (TPSA) is 6.48 Å². The molecule has 0 N–H and O–H groups in total. The van der Waals surface area contributed by atoms with E-state index >= 15 is 0 Å². The molecule has 2 heterocycles. The van der Waals surface area contributed by atoms with Crippen LogP contribution >= 0.6 is 11.9 Å². The van der Waals surface area contributed by atoms with Gasteiger partial charge < -0.3 is 4.90 Å². The van der Waals surface area contributed by atoms with Crippen molar-refractivity contribution in [2.24, 2.45) is 11.8 Å². The van der Waals surface area contributed by atoms with Crippen LogP contribution in [0.25, 0.3) is 0 Å². The lowest BCUT2D eigenvalue weighted by Crippen LogP contribution is -2.36. The summed E-state index contributed by atoms with van der Waals surface area (Å²) in [6, 6.07) is 0. The number of hydrogen-bond acceptors (Lipinski definition) is 3. The van der Waals surface area contributed by atoms with Crippen molar-refractivity contribution in [3.05, 3.63) is 0 Å². The summed E-state index contributed by atoms with van der Waals surface area (Å²) in [5.41, 5.74) is 0. The molecule has 0 saturated carbocycles. The average Bonchev–Trinajstić information content (AvgIpc) is 2.44. The van der Waals surface area contributed by atoms with Crippen LogP contribution in [0.3, 0.4) is 0 Å². The van der Waals surface area contributed by atoms with Gasteiger partial charge in [-0.3, -0.25) is 4.31 Å². The van der Waals surface area contributed by atoms with Gasteiger partial charge >= 0.3 is 0 Å². The monoisotopic (exact) mass is 286 g/mol. The van der Waals surface area contributed by atoms with Gasteiger partial charge in [0.2, 0.25) is 0 Å². The van der Waals surface area contributed by atoms with Crippen LogP contribution in [0.15, 0.2) is 0 Å². The third kappa shape index (κ3) is 6.05. The van der Waals surface area contributed by atoms with Crippen LogP contribution in [0.5, 0.6) is 0 Å². The van der Waals surface area contributed by atoms with E-state index in [4.69, 9.17) is 0 Å². The molecule has 2 nitrogen and oxygen atoms in total. The van der Waals surface area contributed by atoms with Crippen molar-refractivity contribution >= 4 is 11.9 Å². The fraction of sp³-hybridized carbons (Fsp3) is 1.00. The predicted molar refractivity (Wildman–Crippen MR) is 88.6 cm³/mol. The minimum Gasteiger partial charge on any atom is -0.306 e. The molecule has 3 heteroatoms. The molecule has 2 aliphatic rings. The van der Waals surface area contributed by atoms with Gasteiger partial charge in [-0.05, 0) is 57.7 Å². The van der Waals surface area contributed by atoms with Gasteiger partial charge in [-0.1, -0.05) is 39.6 Å². The minimum absolute atomic E-state index is 0.880. The lowest BCUT2D eigenvalue weighted by molar-refractivity contribution is 0.234. The molecule has 0 aromatic heterocycles. The first kappa shape index (κ1) is 17.3. The van der Waals surface area contributed by atoms with Crippen molar-refractivity contribution in [1.82, 2.24) is 9.21 Å². The highest BCUT2D eigenvalue weighted by molar-refractivity contribution is 7.97. The maximum atomic E-state index is 2.65. The largest absolute Gasteiger partial charge is 0.306 e. The zero-order valence-electron chi connectivity index (χ0n) is 13.7. The van der Waals surface area contributed by atoms with Crippen molar-refractivity contribution in [2.75, 3.05) is 33.2 Å². The molecule has 0 aromatic carbocycles. The first-order valence-electron chi connectivity index (χ1n) is 8.25. The van der Waals surface area contributed by atoms with Gasteiger partial charge in [0.05, 0.1) is 0 Å². The molecule has 2 saturated heterocycles. The second-order valence-electron chi connectivity index (χ2n) is 6.12. The molecule has 2 fully saturated rings. The SMILES string of the molecule is CC.CC(C)C1CCN(SC2CCN(C)CC2)CC1. The van der Waals surface area contributed by atoms with Crippen molar-refractivity contribution in [3.8, 4) is 0 Å². The lowest BCUT2D eigenvalue weighted by Gasteiger charge is -2.37. The van der Waals surface area contributed by atoms with Crippen molar-refractivity contribution in [1.29, 1.82) is 0 Å². The highest BCUT2D eigenvalue weighted by Crippen LogP contribution is 2.32. The highest BCUT2D eigenvalue weighted by atomic mass is 32.2. The van der Waals surface area contributed by atoms with Gasteiger partial charge in [0.25, 0.3) is 0 Å². The number of nitrogens with zero attached hydrogens (tertiary/aromatic N) is 2. The molecule has 0 aromatic rings. The lowest BCUT2D eigenvalue weighted by atomic mass is 9.87. The third-order valence-electron chi connectivity index (χ3n) is 4.41. The summed E-state index contributed by atoms with van der Waals surface area (Å²) < 4.78 is 2.65. The number of hydrogen-bond donors (Lipinski definition) is 0. The van der Waals surface area contributed by atoms with Gasteiger partial charge in [-0.15, -0.1) is 0 Å². The second-order valence-corrected chi connectivity index (χ2v) is 7.51. The Labute approximate surface area is 125 Å². The van der Waals surface area contributed by atoms with Gasteiger partial charge in [0.1, 0.15) is 0 Å². The Bertz CT molecular complexity index is 217. The van der Waals surface area contributed by atoms with Gasteiger partial charge in [-0.2, -0.15) is 0 Å². The van der Waals surface area contributed by atoms with Crippen LogP contribution in [-0.2, 0) is 0 Å². The van der Waals surface area contributed by atoms with E-state index in [0.29, 0.717) is 0 Å². The molecule has 0 aliphatic carbocycles. The summed E-state index contributed by atoms with van der Waals surface area (Å²) in [5, 5.41) is 0.891. The number of rotatable bonds is 3. The van der Waals surface area contributed by atoms with E-state index in [-0.39, 0.29) is 0 Å². The molecule has 0 unspecified atom stereocenters. The quantitative estimate of drug-likeness (QED) is 0.721. The van der Waals surface area contributed by atoms with Gasteiger partial charge in [0, 0.05) is 18.3 Å². The van der Waals surface area contributed by atoms with Gasteiger partial charge in [0.15, 0.2) is 0 Å². The summed E-state index contributed by atoms with van der Waals surface area (Å²) >= 11 is 2.16. The first-order valence-corrected chi connectivity index (χ1v) is 9.09. The molecule has 0 radical (unpaired) electrons. The van der Waals surface area contributed by atoms with E-state index in [9.17, 15) is 0 Å². The van der Waals surface area contributed by atoms with Crippen LogP contribution in [-0.4, -0.2) is 47.7 Å². The molecule has 2 aliphatic heterocycles. The summed E-state index contributed by atoms with van der Waals surface area (Å²) in [6.07, 6.45) is 5.59. The van der Waals surface area contributed by atoms with Crippen LogP contribution in [0.4, 0.5) is 0 Å². The molecule has 0 spiro atoms. The zero-order chi connectivity index (χ0) is 14.3. The molecule has 0 atom stereocenters. The smallest absolute Gasteiger partial charge is 0.0219 e. The van der Waals surface area contributed by atoms with Gasteiger partial charge in [-0.25, -0.2) is 0 Å². The average molecular weight is 287 g/mol. The Morgan fingerprint density at radius 3 is 1.89 bits per heavy atom. The minimum atomic E-state index is 0.880. The van der Waals surface area contributed by atoms with E-state index in [1.54, 1.807) is 0 Å². The highest BCUT2D eigenvalue weighted by Gasteiger charge is 2.25. The molecule has 0 amide bonds. The third-order valence-corrected chi connectivity index (χ3v) is 5.84.